The van der Waals surface area contributed by atoms with Gasteiger partial charge in [0, 0.05) is 28.9 Å². The SMILES string of the molecule is CC(CCS(C)=O)NC(=O)c1ccc(Cl)nn1. The standard InChI is InChI=1S/C10H14ClN3O2S/c1-7(5-6-17(2)16)12-10(15)8-3-4-9(11)14-13-8/h3-4,7H,5-6H2,1-2H3,(H,12,15). The van der Waals surface area contributed by atoms with Crippen LogP contribution in [0.25, 0.3) is 0 Å². The van der Waals surface area contributed by atoms with Crippen molar-refractivity contribution in [1.82, 2.24) is 15.5 Å². The van der Waals surface area contributed by atoms with E-state index in [1.165, 1.54) is 12.1 Å². The summed E-state index contributed by atoms with van der Waals surface area (Å²) in [4.78, 5) is 11.7. The summed E-state index contributed by atoms with van der Waals surface area (Å²) < 4.78 is 10.9. The van der Waals surface area contributed by atoms with Gasteiger partial charge in [0.05, 0.1) is 0 Å². The first kappa shape index (κ1) is 14.1. The highest BCUT2D eigenvalue weighted by Crippen LogP contribution is 2.02. The fourth-order valence-corrected chi connectivity index (χ4v) is 1.94. The van der Waals surface area contributed by atoms with Gasteiger partial charge in [-0.25, -0.2) is 0 Å². The van der Waals surface area contributed by atoms with E-state index >= 15 is 0 Å². The van der Waals surface area contributed by atoms with Gasteiger partial charge in [0.25, 0.3) is 5.91 Å². The Hall–Kier alpha value is -1.01. The molecule has 0 bridgehead atoms. The van der Waals surface area contributed by atoms with Crippen molar-refractivity contribution >= 4 is 28.3 Å². The number of nitrogens with one attached hydrogen (secondary N) is 1. The second kappa shape index (κ2) is 6.66. The third-order valence-corrected chi connectivity index (χ3v) is 3.09. The van der Waals surface area contributed by atoms with Gasteiger partial charge < -0.3 is 5.32 Å². The molecule has 0 saturated carbocycles. The predicted molar refractivity (Wildman–Crippen MR) is 67.5 cm³/mol. The smallest absolute Gasteiger partial charge is 0.272 e. The third kappa shape index (κ3) is 5.23. The van der Waals surface area contributed by atoms with Crippen LogP contribution in [0.15, 0.2) is 12.1 Å². The number of hydrogen-bond acceptors (Lipinski definition) is 4. The molecule has 2 atom stereocenters. The Bertz CT molecular complexity index is 411. The van der Waals surface area contributed by atoms with Gasteiger partial charge >= 0.3 is 0 Å². The zero-order chi connectivity index (χ0) is 12.8. The quantitative estimate of drug-likeness (QED) is 0.871. The van der Waals surface area contributed by atoms with E-state index in [4.69, 9.17) is 11.6 Å². The Labute approximate surface area is 107 Å². The minimum Gasteiger partial charge on any atom is -0.348 e. The summed E-state index contributed by atoms with van der Waals surface area (Å²) in [5.41, 5.74) is 0.221. The highest BCUT2D eigenvalue weighted by Gasteiger charge is 2.11. The molecule has 7 heteroatoms. The zero-order valence-electron chi connectivity index (χ0n) is 9.64. The number of rotatable bonds is 5. The average molecular weight is 276 g/mol. The summed E-state index contributed by atoms with van der Waals surface area (Å²) in [5, 5.41) is 10.3. The molecule has 1 rings (SSSR count). The molecule has 0 aromatic carbocycles. The van der Waals surface area contributed by atoms with Crippen molar-refractivity contribution in [2.45, 2.75) is 19.4 Å². The first-order chi connectivity index (χ1) is 7.99. The fraction of sp³-hybridized carbons (Fsp3) is 0.500. The second-order valence-electron chi connectivity index (χ2n) is 3.68. The molecule has 5 nitrogen and oxygen atoms in total. The minimum absolute atomic E-state index is 0.0520. The number of amides is 1. The molecular formula is C10H14ClN3O2S. The Morgan fingerprint density at radius 1 is 1.53 bits per heavy atom. The maximum atomic E-state index is 11.7. The van der Waals surface area contributed by atoms with Gasteiger partial charge in [-0.1, -0.05) is 11.6 Å². The number of aromatic nitrogens is 2. The van der Waals surface area contributed by atoms with Crippen LogP contribution in [0.1, 0.15) is 23.8 Å². The van der Waals surface area contributed by atoms with Crippen LogP contribution >= 0.6 is 11.6 Å². The van der Waals surface area contributed by atoms with Crippen molar-refractivity contribution in [3.05, 3.63) is 23.0 Å². The molecule has 1 amide bonds. The van der Waals surface area contributed by atoms with Crippen LogP contribution in [0.2, 0.25) is 5.15 Å². The number of nitrogens with zero attached hydrogens (tertiary/aromatic N) is 2. The van der Waals surface area contributed by atoms with Crippen LogP contribution in [0.5, 0.6) is 0 Å². The molecule has 0 spiro atoms. The minimum atomic E-state index is -0.845. The normalized spacial score (nSPS) is 14.1. The van der Waals surface area contributed by atoms with Crippen molar-refractivity contribution in [3.63, 3.8) is 0 Å². The number of carbonyl (C=O) groups excluding carboxylic acids is 1. The van der Waals surface area contributed by atoms with Gasteiger partial charge in [0.15, 0.2) is 10.8 Å². The van der Waals surface area contributed by atoms with Crippen molar-refractivity contribution in [1.29, 1.82) is 0 Å². The Morgan fingerprint density at radius 2 is 2.24 bits per heavy atom. The average Bonchev–Trinajstić information content (AvgIpc) is 2.27. The van der Waals surface area contributed by atoms with E-state index in [-0.39, 0.29) is 22.8 Å². The molecule has 0 aliphatic rings. The maximum Gasteiger partial charge on any atom is 0.272 e. The molecule has 0 saturated heterocycles. The summed E-state index contributed by atoms with van der Waals surface area (Å²) in [7, 11) is -0.845. The fourth-order valence-electron chi connectivity index (χ4n) is 1.15. The van der Waals surface area contributed by atoms with Crippen molar-refractivity contribution in [2.75, 3.05) is 12.0 Å². The largest absolute Gasteiger partial charge is 0.348 e. The molecule has 94 valence electrons. The summed E-state index contributed by atoms with van der Waals surface area (Å²) in [6, 6.07) is 2.97. The van der Waals surface area contributed by atoms with Crippen molar-refractivity contribution in [3.8, 4) is 0 Å². The Morgan fingerprint density at radius 3 is 2.76 bits per heavy atom. The number of carbonyl (C=O) groups is 1. The lowest BCUT2D eigenvalue weighted by atomic mass is 10.2. The molecule has 1 aromatic rings. The van der Waals surface area contributed by atoms with Crippen LogP contribution in [0, 0.1) is 0 Å². The lowest BCUT2D eigenvalue weighted by Crippen LogP contribution is -2.34. The first-order valence-corrected chi connectivity index (χ1v) is 7.19. The lowest BCUT2D eigenvalue weighted by molar-refractivity contribution is 0.0933. The van der Waals surface area contributed by atoms with Gasteiger partial charge in [-0.05, 0) is 25.5 Å². The first-order valence-electron chi connectivity index (χ1n) is 5.09. The van der Waals surface area contributed by atoms with Crippen molar-refractivity contribution in [2.24, 2.45) is 0 Å². The molecule has 2 unspecified atom stereocenters. The molecular weight excluding hydrogens is 262 g/mol. The molecule has 0 radical (unpaired) electrons. The van der Waals surface area contributed by atoms with Crippen LogP contribution in [0.4, 0.5) is 0 Å². The zero-order valence-corrected chi connectivity index (χ0v) is 11.2. The van der Waals surface area contributed by atoms with E-state index < -0.39 is 10.8 Å². The van der Waals surface area contributed by atoms with Crippen LogP contribution < -0.4 is 5.32 Å². The molecule has 1 N–H and O–H groups in total. The molecule has 1 aromatic heterocycles. The highest BCUT2D eigenvalue weighted by molar-refractivity contribution is 7.84. The van der Waals surface area contributed by atoms with Gasteiger partial charge in [-0.3, -0.25) is 9.00 Å². The van der Waals surface area contributed by atoms with Gasteiger partial charge in [0.1, 0.15) is 0 Å². The third-order valence-electron chi connectivity index (χ3n) is 2.08. The monoisotopic (exact) mass is 275 g/mol. The van der Waals surface area contributed by atoms with E-state index in [0.29, 0.717) is 12.2 Å². The van der Waals surface area contributed by atoms with E-state index in [1.54, 1.807) is 6.26 Å². The van der Waals surface area contributed by atoms with E-state index in [2.05, 4.69) is 15.5 Å². The van der Waals surface area contributed by atoms with Crippen molar-refractivity contribution < 1.29 is 9.00 Å². The molecule has 0 aliphatic carbocycles. The number of halogens is 1. The maximum absolute atomic E-state index is 11.7. The number of hydrogen-bond donors (Lipinski definition) is 1. The van der Waals surface area contributed by atoms with E-state index in [0.717, 1.165) is 0 Å². The van der Waals surface area contributed by atoms with Gasteiger partial charge in [-0.2, -0.15) is 0 Å². The Kier molecular flexibility index (Phi) is 5.50. The molecule has 0 aliphatic heterocycles. The van der Waals surface area contributed by atoms with Gasteiger partial charge in [0.2, 0.25) is 0 Å². The lowest BCUT2D eigenvalue weighted by Gasteiger charge is -2.12. The van der Waals surface area contributed by atoms with Gasteiger partial charge in [-0.15, -0.1) is 10.2 Å². The van der Waals surface area contributed by atoms with E-state index in [9.17, 15) is 9.00 Å². The van der Waals surface area contributed by atoms with E-state index in [1.807, 2.05) is 6.92 Å². The molecule has 1 heterocycles. The highest BCUT2D eigenvalue weighted by atomic mass is 35.5. The molecule has 0 fully saturated rings. The summed E-state index contributed by atoms with van der Waals surface area (Å²) >= 11 is 5.57. The predicted octanol–water partition coefficient (Wildman–Crippen LogP) is 1.02. The topological polar surface area (TPSA) is 72.0 Å². The van der Waals surface area contributed by atoms with Crippen LogP contribution in [-0.2, 0) is 10.8 Å². The second-order valence-corrected chi connectivity index (χ2v) is 5.62. The van der Waals surface area contributed by atoms with Crippen LogP contribution in [-0.4, -0.2) is 38.4 Å². The van der Waals surface area contributed by atoms with Crippen LogP contribution in [0.3, 0.4) is 0 Å². The summed E-state index contributed by atoms with van der Waals surface area (Å²) in [6.45, 7) is 1.86. The molecule has 17 heavy (non-hydrogen) atoms. The summed E-state index contributed by atoms with van der Waals surface area (Å²) in [5.74, 6) is 0.261. The Balaban J connectivity index is 2.48. The summed E-state index contributed by atoms with van der Waals surface area (Å²) in [6.07, 6.45) is 2.30.